The molecule has 0 aromatic heterocycles. The zero-order chi connectivity index (χ0) is 8.58. The van der Waals surface area contributed by atoms with Crippen LogP contribution < -0.4 is 5.73 Å². The van der Waals surface area contributed by atoms with E-state index in [2.05, 4.69) is 6.07 Å². The van der Waals surface area contributed by atoms with Crippen molar-refractivity contribution in [1.29, 1.82) is 0 Å². The van der Waals surface area contributed by atoms with Crippen LogP contribution in [0.5, 0.6) is 0 Å². The molecule has 0 saturated carbocycles. The summed E-state index contributed by atoms with van der Waals surface area (Å²) < 4.78 is 11.1. The van der Waals surface area contributed by atoms with Crippen LogP contribution in [-0.2, 0) is 9.47 Å². The van der Waals surface area contributed by atoms with Crippen LogP contribution in [0.15, 0.2) is 18.2 Å². The Labute approximate surface area is 75.4 Å². The minimum absolute atomic E-state index is 0.266. The first-order valence-corrected chi connectivity index (χ1v) is 4.55. The molecule has 3 nitrogen and oxygen atoms in total. The molecule has 3 aliphatic rings. The summed E-state index contributed by atoms with van der Waals surface area (Å²) in [6.45, 7) is 0. The third kappa shape index (κ3) is 0.677. The summed E-state index contributed by atoms with van der Waals surface area (Å²) in [5.41, 5.74) is 9.05. The normalized spacial score (nSPS) is 43.1. The summed E-state index contributed by atoms with van der Waals surface area (Å²) in [6.07, 6.45) is 1.21. The Kier molecular flexibility index (Phi) is 0.856. The SMILES string of the molecule is Nc1ccc2c(c1)C1OC1C1OC21. The number of benzene rings is 1. The Bertz CT molecular complexity index is 404. The molecule has 0 bridgehead atoms. The largest absolute Gasteiger partial charge is 0.399 e. The Balaban J connectivity index is 1.96. The zero-order valence-electron chi connectivity index (χ0n) is 6.94. The second kappa shape index (κ2) is 1.74. The van der Waals surface area contributed by atoms with E-state index in [-0.39, 0.29) is 6.10 Å². The molecule has 0 spiro atoms. The van der Waals surface area contributed by atoms with E-state index in [1.807, 2.05) is 12.1 Å². The Morgan fingerprint density at radius 2 is 1.69 bits per heavy atom. The predicted octanol–water partition coefficient (Wildman–Crippen LogP) is 1.16. The summed E-state index contributed by atoms with van der Waals surface area (Å²) in [5.74, 6) is 0. The molecule has 2 aliphatic heterocycles. The molecule has 1 aromatic carbocycles. The molecule has 2 saturated heterocycles. The number of fused-ring (bicyclic) bond motifs is 6. The highest BCUT2D eigenvalue weighted by atomic mass is 16.7. The molecule has 2 heterocycles. The van der Waals surface area contributed by atoms with Gasteiger partial charge in [0.05, 0.1) is 0 Å². The Hall–Kier alpha value is -1.06. The zero-order valence-corrected chi connectivity index (χ0v) is 6.94. The van der Waals surface area contributed by atoms with Crippen molar-refractivity contribution in [2.75, 3.05) is 5.73 Å². The summed E-state index contributed by atoms with van der Waals surface area (Å²) in [5, 5.41) is 0. The average Bonchev–Trinajstić information content (AvgIpc) is 2.98. The Morgan fingerprint density at radius 1 is 1.00 bits per heavy atom. The lowest BCUT2D eigenvalue weighted by Gasteiger charge is -2.08. The highest BCUT2D eigenvalue weighted by Crippen LogP contribution is 2.60. The standard InChI is InChI=1S/C10H9NO2/c11-4-1-2-5-6(3-4)8-10(13-8)9-7(5)12-9/h1-3,7-10H,11H2. The molecule has 13 heavy (non-hydrogen) atoms. The van der Waals surface area contributed by atoms with Gasteiger partial charge in [0.1, 0.15) is 24.4 Å². The number of ether oxygens (including phenoxy) is 2. The second-order valence-corrected chi connectivity index (χ2v) is 3.93. The monoisotopic (exact) mass is 175 g/mol. The fourth-order valence-corrected chi connectivity index (χ4v) is 2.35. The topological polar surface area (TPSA) is 51.1 Å². The molecule has 1 aromatic rings. The van der Waals surface area contributed by atoms with Crippen LogP contribution >= 0.6 is 0 Å². The summed E-state index contributed by atoms with van der Waals surface area (Å²) in [4.78, 5) is 0. The van der Waals surface area contributed by atoms with Crippen LogP contribution in [-0.4, -0.2) is 12.2 Å². The molecule has 2 N–H and O–H groups in total. The van der Waals surface area contributed by atoms with Crippen molar-refractivity contribution in [3.8, 4) is 0 Å². The van der Waals surface area contributed by atoms with Gasteiger partial charge in [0.15, 0.2) is 0 Å². The molecule has 4 unspecified atom stereocenters. The Morgan fingerprint density at radius 3 is 2.46 bits per heavy atom. The van der Waals surface area contributed by atoms with E-state index in [1.165, 1.54) is 11.1 Å². The highest BCUT2D eigenvalue weighted by Gasteiger charge is 2.63. The van der Waals surface area contributed by atoms with Gasteiger partial charge in [0, 0.05) is 5.69 Å². The van der Waals surface area contributed by atoms with Gasteiger partial charge in [0.2, 0.25) is 0 Å². The van der Waals surface area contributed by atoms with Crippen LogP contribution in [0, 0.1) is 0 Å². The van der Waals surface area contributed by atoms with Gasteiger partial charge in [-0.1, -0.05) is 6.07 Å². The summed E-state index contributed by atoms with van der Waals surface area (Å²) in [7, 11) is 0. The van der Waals surface area contributed by atoms with Gasteiger partial charge < -0.3 is 15.2 Å². The average molecular weight is 175 g/mol. The first kappa shape index (κ1) is 6.40. The molecule has 4 rings (SSSR count). The number of hydrogen-bond donors (Lipinski definition) is 1. The van der Waals surface area contributed by atoms with Gasteiger partial charge in [-0.3, -0.25) is 0 Å². The maximum absolute atomic E-state index is 5.73. The number of epoxide rings is 2. The quantitative estimate of drug-likeness (QED) is 0.475. The maximum atomic E-state index is 5.73. The van der Waals surface area contributed by atoms with Crippen molar-refractivity contribution in [2.24, 2.45) is 0 Å². The molecule has 4 atom stereocenters. The van der Waals surface area contributed by atoms with Crippen molar-refractivity contribution >= 4 is 5.69 Å². The number of anilines is 1. The van der Waals surface area contributed by atoms with E-state index < -0.39 is 0 Å². The first-order valence-electron chi connectivity index (χ1n) is 4.55. The van der Waals surface area contributed by atoms with Crippen LogP contribution in [0.3, 0.4) is 0 Å². The molecular weight excluding hydrogens is 166 g/mol. The van der Waals surface area contributed by atoms with Gasteiger partial charge in [-0.15, -0.1) is 0 Å². The van der Waals surface area contributed by atoms with Crippen molar-refractivity contribution in [1.82, 2.24) is 0 Å². The molecular formula is C10H9NO2. The van der Waals surface area contributed by atoms with E-state index in [4.69, 9.17) is 15.2 Å². The number of nitrogen functional groups attached to an aromatic ring is 1. The van der Waals surface area contributed by atoms with Gasteiger partial charge in [0.25, 0.3) is 0 Å². The van der Waals surface area contributed by atoms with Gasteiger partial charge >= 0.3 is 0 Å². The van der Waals surface area contributed by atoms with Crippen LogP contribution in [0.1, 0.15) is 23.3 Å². The first-order chi connectivity index (χ1) is 6.34. The molecule has 0 amide bonds. The molecule has 1 aliphatic carbocycles. The van der Waals surface area contributed by atoms with E-state index in [0.717, 1.165) is 5.69 Å². The van der Waals surface area contributed by atoms with Gasteiger partial charge in [-0.25, -0.2) is 0 Å². The fraction of sp³-hybridized carbons (Fsp3) is 0.400. The highest BCUT2D eigenvalue weighted by molar-refractivity contribution is 5.51. The maximum Gasteiger partial charge on any atom is 0.118 e. The smallest absolute Gasteiger partial charge is 0.118 e. The molecule has 66 valence electrons. The van der Waals surface area contributed by atoms with Gasteiger partial charge in [-0.05, 0) is 23.3 Å². The summed E-state index contributed by atoms with van der Waals surface area (Å²) >= 11 is 0. The minimum Gasteiger partial charge on any atom is -0.399 e. The lowest BCUT2D eigenvalue weighted by atomic mass is 9.91. The van der Waals surface area contributed by atoms with Crippen LogP contribution in [0.25, 0.3) is 0 Å². The van der Waals surface area contributed by atoms with Crippen LogP contribution in [0.2, 0.25) is 0 Å². The van der Waals surface area contributed by atoms with Gasteiger partial charge in [-0.2, -0.15) is 0 Å². The van der Waals surface area contributed by atoms with E-state index in [9.17, 15) is 0 Å². The van der Waals surface area contributed by atoms with Crippen molar-refractivity contribution in [2.45, 2.75) is 24.4 Å². The van der Waals surface area contributed by atoms with Crippen molar-refractivity contribution < 1.29 is 9.47 Å². The third-order valence-corrected chi connectivity index (χ3v) is 3.10. The van der Waals surface area contributed by atoms with Crippen molar-refractivity contribution in [3.63, 3.8) is 0 Å². The van der Waals surface area contributed by atoms with E-state index in [0.29, 0.717) is 18.3 Å². The lowest BCUT2D eigenvalue weighted by molar-refractivity contribution is 0.304. The third-order valence-electron chi connectivity index (χ3n) is 3.10. The molecule has 0 radical (unpaired) electrons. The predicted molar refractivity (Wildman–Crippen MR) is 46.1 cm³/mol. The second-order valence-electron chi connectivity index (χ2n) is 3.93. The van der Waals surface area contributed by atoms with E-state index in [1.54, 1.807) is 0 Å². The number of nitrogens with two attached hydrogens (primary N) is 1. The minimum atomic E-state index is 0.266. The lowest BCUT2D eigenvalue weighted by Crippen LogP contribution is -2.07. The number of hydrogen-bond acceptors (Lipinski definition) is 3. The van der Waals surface area contributed by atoms with Crippen molar-refractivity contribution in [3.05, 3.63) is 29.3 Å². The fourth-order valence-electron chi connectivity index (χ4n) is 2.35. The van der Waals surface area contributed by atoms with E-state index >= 15 is 0 Å². The number of rotatable bonds is 0. The summed E-state index contributed by atoms with van der Waals surface area (Å²) in [6, 6.07) is 6.01. The molecule has 3 heteroatoms. The van der Waals surface area contributed by atoms with Crippen LogP contribution in [0.4, 0.5) is 5.69 Å². The molecule has 2 fully saturated rings.